The number of carbonyl (C=O) groups excluding carboxylic acids is 1. The van der Waals surface area contributed by atoms with Gasteiger partial charge in [0.25, 0.3) is 0 Å². The Morgan fingerprint density at radius 1 is 1.21 bits per heavy atom. The first-order valence-electron chi connectivity index (χ1n) is 11.4. The minimum atomic E-state index is -0.797. The lowest BCUT2D eigenvalue weighted by Gasteiger charge is -2.40. The average Bonchev–Trinajstić information content (AvgIpc) is 2.74. The third kappa shape index (κ3) is 5.61. The van der Waals surface area contributed by atoms with Crippen molar-refractivity contribution >= 4 is 17.7 Å². The molecule has 6 heteroatoms. The van der Waals surface area contributed by atoms with Crippen LogP contribution >= 0.6 is 11.8 Å². The molecule has 2 aromatic rings. The van der Waals surface area contributed by atoms with Crippen LogP contribution in [0.15, 0.2) is 52.1 Å². The molecular formula is C27H35NO4S. The van der Waals surface area contributed by atoms with Crippen LogP contribution < -0.4 is 0 Å². The number of cyclic esters (lactones) is 1. The van der Waals surface area contributed by atoms with E-state index in [0.717, 1.165) is 27.3 Å². The van der Waals surface area contributed by atoms with Gasteiger partial charge in [-0.25, -0.2) is 4.79 Å². The molecule has 0 spiro atoms. The van der Waals surface area contributed by atoms with Gasteiger partial charge in [-0.05, 0) is 53.9 Å². The van der Waals surface area contributed by atoms with Gasteiger partial charge in [-0.3, -0.25) is 4.98 Å². The molecule has 0 aliphatic carbocycles. The number of carbonyl (C=O) groups is 1. The number of hydrogen-bond donors (Lipinski definition) is 2. The number of aliphatic hydroxyl groups is 2. The summed E-state index contributed by atoms with van der Waals surface area (Å²) in [6.45, 7) is 12.2. The van der Waals surface area contributed by atoms with Crippen LogP contribution in [0.2, 0.25) is 0 Å². The molecule has 0 saturated carbocycles. The second kappa shape index (κ2) is 9.90. The predicted molar refractivity (Wildman–Crippen MR) is 132 cm³/mol. The predicted octanol–water partition coefficient (Wildman–Crippen LogP) is 6.02. The van der Waals surface area contributed by atoms with Crippen molar-refractivity contribution < 1.29 is 19.7 Å². The standard InChI is InChI=1S/C27H35NO4S/c1-17(2)27(12-11-19-9-7-8-10-20(19)16-29)14-22(30)24(25(31)32-27)33-23-13-18(3)28-15-21(23)26(4,5)6/h7-10,13,15,17,29-30H,11-12,14,16H2,1-6H3. The maximum absolute atomic E-state index is 13.2. The van der Waals surface area contributed by atoms with E-state index in [1.54, 1.807) is 0 Å². The second-order valence-electron chi connectivity index (χ2n) is 10.2. The average molecular weight is 470 g/mol. The van der Waals surface area contributed by atoms with E-state index in [1.165, 1.54) is 11.8 Å². The van der Waals surface area contributed by atoms with Gasteiger partial charge in [0.1, 0.15) is 16.3 Å². The van der Waals surface area contributed by atoms with E-state index in [4.69, 9.17) is 4.74 Å². The molecule has 0 saturated heterocycles. The summed E-state index contributed by atoms with van der Waals surface area (Å²) in [5, 5.41) is 20.7. The van der Waals surface area contributed by atoms with Gasteiger partial charge in [-0.2, -0.15) is 0 Å². The van der Waals surface area contributed by atoms with Gasteiger partial charge in [0.05, 0.1) is 6.61 Å². The third-order valence-electron chi connectivity index (χ3n) is 6.39. The Morgan fingerprint density at radius 3 is 2.45 bits per heavy atom. The molecule has 33 heavy (non-hydrogen) atoms. The van der Waals surface area contributed by atoms with Crippen LogP contribution in [0.5, 0.6) is 0 Å². The monoisotopic (exact) mass is 469 g/mol. The van der Waals surface area contributed by atoms with Crippen LogP contribution in [0.25, 0.3) is 0 Å². The summed E-state index contributed by atoms with van der Waals surface area (Å²) in [5.41, 5.74) is 2.83. The number of aromatic nitrogens is 1. The Morgan fingerprint density at radius 2 is 1.88 bits per heavy atom. The smallest absolute Gasteiger partial charge is 0.349 e. The summed E-state index contributed by atoms with van der Waals surface area (Å²) in [5.74, 6) is -0.387. The molecule has 2 N–H and O–H groups in total. The van der Waals surface area contributed by atoms with Crippen molar-refractivity contribution in [3.05, 3.63) is 69.6 Å². The normalized spacial score (nSPS) is 19.2. The number of pyridine rings is 1. The van der Waals surface area contributed by atoms with Gasteiger partial charge < -0.3 is 14.9 Å². The highest BCUT2D eigenvalue weighted by molar-refractivity contribution is 8.04. The molecule has 1 unspecified atom stereocenters. The molecule has 1 atom stereocenters. The van der Waals surface area contributed by atoms with E-state index in [1.807, 2.05) is 57.3 Å². The summed E-state index contributed by atoms with van der Waals surface area (Å²) in [6, 6.07) is 9.69. The largest absolute Gasteiger partial charge is 0.511 e. The molecule has 0 amide bonds. The Balaban J connectivity index is 1.89. The fraction of sp³-hybridized carbons (Fsp3) is 0.481. The van der Waals surface area contributed by atoms with Crippen molar-refractivity contribution in [3.8, 4) is 0 Å². The maximum atomic E-state index is 13.2. The van der Waals surface area contributed by atoms with E-state index in [-0.39, 0.29) is 35.0 Å². The topological polar surface area (TPSA) is 79.6 Å². The van der Waals surface area contributed by atoms with Crippen molar-refractivity contribution in [2.24, 2.45) is 5.92 Å². The Kier molecular flexibility index (Phi) is 7.59. The Bertz CT molecular complexity index is 1050. The first-order chi connectivity index (χ1) is 15.5. The number of rotatable bonds is 7. The number of esters is 1. The second-order valence-corrected chi connectivity index (χ2v) is 11.2. The molecule has 1 aromatic carbocycles. The van der Waals surface area contributed by atoms with Crippen LogP contribution in [0.4, 0.5) is 0 Å². The zero-order chi connectivity index (χ0) is 24.4. The van der Waals surface area contributed by atoms with Crippen LogP contribution in [-0.2, 0) is 28.0 Å². The van der Waals surface area contributed by atoms with E-state index in [9.17, 15) is 15.0 Å². The molecule has 0 fully saturated rings. The zero-order valence-electron chi connectivity index (χ0n) is 20.4. The Labute approximate surface area is 201 Å². The van der Waals surface area contributed by atoms with Crippen molar-refractivity contribution in [1.82, 2.24) is 4.98 Å². The quantitative estimate of drug-likeness (QED) is 0.483. The molecule has 178 valence electrons. The SMILES string of the molecule is Cc1cc(SC2=C(O)CC(CCc3ccccc3CO)(C(C)C)OC2=O)c(C(C)(C)C)cn1. The summed E-state index contributed by atoms with van der Waals surface area (Å²) < 4.78 is 6.09. The lowest BCUT2D eigenvalue weighted by atomic mass is 9.79. The first-order valence-corrected chi connectivity index (χ1v) is 12.3. The van der Waals surface area contributed by atoms with E-state index < -0.39 is 11.6 Å². The number of thioether (sulfide) groups is 1. The minimum Gasteiger partial charge on any atom is -0.511 e. The Hall–Kier alpha value is -2.31. The lowest BCUT2D eigenvalue weighted by molar-refractivity contribution is -0.164. The van der Waals surface area contributed by atoms with Crippen LogP contribution in [-0.4, -0.2) is 26.8 Å². The molecule has 5 nitrogen and oxygen atoms in total. The highest BCUT2D eigenvalue weighted by Crippen LogP contribution is 2.45. The van der Waals surface area contributed by atoms with Gasteiger partial charge in [0.2, 0.25) is 0 Å². The molecular weight excluding hydrogens is 434 g/mol. The third-order valence-corrected chi connectivity index (χ3v) is 7.56. The van der Waals surface area contributed by atoms with Crippen molar-refractivity contribution in [2.75, 3.05) is 0 Å². The lowest BCUT2D eigenvalue weighted by Crippen LogP contribution is -2.44. The van der Waals surface area contributed by atoms with Crippen molar-refractivity contribution in [3.63, 3.8) is 0 Å². The first kappa shape index (κ1) is 25.3. The van der Waals surface area contributed by atoms with Gasteiger partial charge in [-0.15, -0.1) is 0 Å². The van der Waals surface area contributed by atoms with Gasteiger partial charge in [-0.1, -0.05) is 70.6 Å². The highest BCUT2D eigenvalue weighted by atomic mass is 32.2. The molecule has 3 rings (SSSR count). The summed E-state index contributed by atoms with van der Waals surface area (Å²) in [6.07, 6.45) is 3.34. The van der Waals surface area contributed by atoms with Crippen LogP contribution in [0, 0.1) is 12.8 Å². The molecule has 1 aliphatic heterocycles. The maximum Gasteiger partial charge on any atom is 0.349 e. The minimum absolute atomic E-state index is 0.0183. The van der Waals surface area contributed by atoms with Crippen LogP contribution in [0.1, 0.15) is 69.8 Å². The number of nitrogens with zero attached hydrogens (tertiary/aromatic N) is 1. The summed E-state index contributed by atoms with van der Waals surface area (Å²) >= 11 is 1.26. The van der Waals surface area contributed by atoms with E-state index in [0.29, 0.717) is 12.8 Å². The van der Waals surface area contributed by atoms with Crippen molar-refractivity contribution in [1.29, 1.82) is 0 Å². The van der Waals surface area contributed by atoms with Crippen LogP contribution in [0.3, 0.4) is 0 Å². The number of aliphatic hydroxyl groups excluding tert-OH is 2. The van der Waals surface area contributed by atoms with Gasteiger partial charge in [0, 0.05) is 23.2 Å². The van der Waals surface area contributed by atoms with Crippen molar-refractivity contribution in [2.45, 2.75) is 83.3 Å². The van der Waals surface area contributed by atoms with E-state index in [2.05, 4.69) is 25.8 Å². The number of benzene rings is 1. The molecule has 0 radical (unpaired) electrons. The molecule has 2 heterocycles. The zero-order valence-corrected chi connectivity index (χ0v) is 21.3. The van der Waals surface area contributed by atoms with Gasteiger partial charge >= 0.3 is 5.97 Å². The number of aryl methyl sites for hydroxylation is 2. The fourth-order valence-electron chi connectivity index (χ4n) is 4.19. The molecule has 0 bridgehead atoms. The van der Waals surface area contributed by atoms with Gasteiger partial charge in [0.15, 0.2) is 0 Å². The summed E-state index contributed by atoms with van der Waals surface area (Å²) in [7, 11) is 0. The number of ether oxygens (including phenoxy) is 1. The number of hydrogen-bond acceptors (Lipinski definition) is 6. The summed E-state index contributed by atoms with van der Waals surface area (Å²) in [4.78, 5) is 18.8. The highest BCUT2D eigenvalue weighted by Gasteiger charge is 2.44. The van der Waals surface area contributed by atoms with E-state index >= 15 is 0 Å². The molecule has 1 aliphatic rings. The fourth-order valence-corrected chi connectivity index (χ4v) is 5.43. The molecule has 1 aromatic heterocycles.